The largest absolute Gasteiger partial charge is 0.457 e. The average Bonchev–Trinajstić information content (AvgIpc) is 3.50. The molecule has 12 nitrogen and oxygen atoms in total. The maximum atomic E-state index is 13.9. The van der Waals surface area contributed by atoms with E-state index in [0.717, 1.165) is 22.5 Å². The lowest BCUT2D eigenvalue weighted by molar-refractivity contribution is -0.179. The Bertz CT molecular complexity index is 1780. The third-order valence-electron chi connectivity index (χ3n) is 7.39. The highest BCUT2D eigenvalue weighted by atomic mass is 32.2. The molecule has 2 atom stereocenters. The van der Waals surface area contributed by atoms with Gasteiger partial charge in [0.15, 0.2) is 16.9 Å². The number of carbonyl (C=O) groups is 4. The van der Waals surface area contributed by atoms with Crippen LogP contribution in [0.1, 0.15) is 57.5 Å². The zero-order valence-electron chi connectivity index (χ0n) is 27.7. The number of amides is 2. The third-order valence-corrected chi connectivity index (χ3v) is 9.36. The zero-order valence-corrected chi connectivity index (χ0v) is 29.3. The predicted octanol–water partition coefficient (Wildman–Crippen LogP) is 4.74. The van der Waals surface area contributed by atoms with Crippen molar-refractivity contribution in [3.8, 4) is 0 Å². The summed E-state index contributed by atoms with van der Waals surface area (Å²) in [4.78, 5) is 65.0. The van der Waals surface area contributed by atoms with Crippen LogP contribution in [0.2, 0.25) is 0 Å². The van der Waals surface area contributed by atoms with Crippen LogP contribution in [0.25, 0.3) is 0 Å². The number of esters is 2. The molecule has 1 saturated heterocycles. The quantitative estimate of drug-likeness (QED) is 0.124. The summed E-state index contributed by atoms with van der Waals surface area (Å²) in [5.74, 6) is -2.38. The van der Waals surface area contributed by atoms with Gasteiger partial charge in [0, 0.05) is 11.1 Å². The average molecular weight is 704 g/mol. The van der Waals surface area contributed by atoms with Gasteiger partial charge in [-0.1, -0.05) is 78.5 Å². The van der Waals surface area contributed by atoms with Crippen molar-refractivity contribution in [2.45, 2.75) is 63.3 Å². The van der Waals surface area contributed by atoms with E-state index >= 15 is 0 Å². The van der Waals surface area contributed by atoms with Gasteiger partial charge in [0.1, 0.15) is 28.4 Å². The van der Waals surface area contributed by atoms with Crippen LogP contribution in [0.3, 0.4) is 0 Å². The van der Waals surface area contributed by atoms with E-state index in [1.54, 1.807) is 20.8 Å². The van der Waals surface area contributed by atoms with Gasteiger partial charge in [-0.15, -0.1) is 23.1 Å². The molecule has 49 heavy (non-hydrogen) atoms. The maximum Gasteiger partial charge on any atom is 0.356 e. The van der Waals surface area contributed by atoms with Gasteiger partial charge < -0.3 is 25.4 Å². The molecule has 14 heteroatoms. The number of aromatic nitrogens is 1. The summed E-state index contributed by atoms with van der Waals surface area (Å²) in [5.41, 5.74) is 5.38. The van der Waals surface area contributed by atoms with Crippen molar-refractivity contribution >= 4 is 57.7 Å². The predicted molar refractivity (Wildman–Crippen MR) is 187 cm³/mol. The molecule has 5 rings (SSSR count). The fourth-order valence-corrected chi connectivity index (χ4v) is 6.83. The second kappa shape index (κ2) is 14.3. The number of thioether (sulfide) groups is 1. The van der Waals surface area contributed by atoms with Crippen molar-refractivity contribution in [2.24, 2.45) is 5.16 Å². The van der Waals surface area contributed by atoms with Crippen LogP contribution in [0, 0.1) is 0 Å². The first-order valence-corrected chi connectivity index (χ1v) is 17.3. The van der Waals surface area contributed by atoms with Crippen molar-refractivity contribution in [1.82, 2.24) is 15.2 Å². The summed E-state index contributed by atoms with van der Waals surface area (Å²) < 4.78 is 11.5. The van der Waals surface area contributed by atoms with Crippen molar-refractivity contribution in [3.63, 3.8) is 0 Å². The number of hydrogen-bond acceptors (Lipinski definition) is 12. The first-order valence-electron chi connectivity index (χ1n) is 15.3. The lowest BCUT2D eigenvalue weighted by Gasteiger charge is -2.49. The number of allylic oxidation sites excluding steroid dienone is 1. The van der Waals surface area contributed by atoms with Gasteiger partial charge in [-0.3, -0.25) is 14.5 Å². The summed E-state index contributed by atoms with van der Waals surface area (Å²) >= 11 is 2.43. The summed E-state index contributed by atoms with van der Waals surface area (Å²) in [5, 5.41) is 7.75. The Kier molecular flexibility index (Phi) is 10.3. The van der Waals surface area contributed by atoms with Crippen molar-refractivity contribution in [1.29, 1.82) is 0 Å². The molecule has 2 aromatic carbocycles. The Morgan fingerprint density at radius 3 is 2.20 bits per heavy atom. The number of β-lactam (4-membered cyclic amide) rings is 1. The van der Waals surface area contributed by atoms with Crippen molar-refractivity contribution in [2.75, 3.05) is 11.5 Å². The van der Waals surface area contributed by atoms with Crippen LogP contribution in [-0.4, -0.2) is 67.7 Å². The fourth-order valence-electron chi connectivity index (χ4n) is 4.94. The normalized spacial score (nSPS) is 18.0. The molecular weight excluding hydrogens is 667 g/mol. The Hall–Kier alpha value is -4.95. The van der Waals surface area contributed by atoms with Gasteiger partial charge in [0.25, 0.3) is 11.8 Å². The number of nitrogens with one attached hydrogen (secondary N) is 1. The molecule has 0 bridgehead atoms. The molecule has 2 aliphatic heterocycles. The van der Waals surface area contributed by atoms with E-state index in [1.165, 1.54) is 42.0 Å². The molecule has 1 unspecified atom stereocenters. The van der Waals surface area contributed by atoms with E-state index < -0.39 is 52.5 Å². The number of carbonyl (C=O) groups excluding carboxylic acids is 4. The minimum atomic E-state index is -1.57. The Morgan fingerprint density at radius 1 is 1.06 bits per heavy atom. The highest BCUT2D eigenvalue weighted by molar-refractivity contribution is 8.00. The molecule has 0 aliphatic carbocycles. The van der Waals surface area contributed by atoms with E-state index in [4.69, 9.17) is 20.0 Å². The van der Waals surface area contributed by atoms with Gasteiger partial charge in [-0.05, 0) is 51.3 Å². The Morgan fingerprint density at radius 2 is 1.67 bits per heavy atom. The molecule has 0 saturated carbocycles. The van der Waals surface area contributed by atoms with Crippen molar-refractivity contribution in [3.05, 3.63) is 107 Å². The summed E-state index contributed by atoms with van der Waals surface area (Å²) in [6.45, 7) is 11.9. The minimum Gasteiger partial charge on any atom is -0.457 e. The second-order valence-electron chi connectivity index (χ2n) is 12.7. The first-order chi connectivity index (χ1) is 23.2. The number of hydrogen-bond donors (Lipinski definition) is 2. The second-order valence-corrected chi connectivity index (χ2v) is 14.7. The molecule has 3 aromatic rings. The maximum absolute atomic E-state index is 13.9. The number of nitrogens with zero attached hydrogens (tertiary/aromatic N) is 3. The molecule has 3 heterocycles. The van der Waals surface area contributed by atoms with Crippen LogP contribution < -0.4 is 11.1 Å². The zero-order chi connectivity index (χ0) is 35.5. The lowest BCUT2D eigenvalue weighted by atomic mass is 10.0. The number of thiazole rings is 1. The van der Waals surface area contributed by atoms with E-state index in [0.29, 0.717) is 11.3 Å². The van der Waals surface area contributed by atoms with Gasteiger partial charge in [-0.2, -0.15) is 0 Å². The number of nitrogen functional groups attached to an aromatic ring is 1. The highest BCUT2D eigenvalue weighted by Gasteiger charge is 2.55. The Balaban J connectivity index is 1.36. The van der Waals surface area contributed by atoms with Gasteiger partial charge >= 0.3 is 11.9 Å². The van der Waals surface area contributed by atoms with E-state index in [1.807, 2.05) is 60.7 Å². The van der Waals surface area contributed by atoms with Crippen LogP contribution >= 0.6 is 23.1 Å². The summed E-state index contributed by atoms with van der Waals surface area (Å²) in [6.07, 6.45) is 0.794. The van der Waals surface area contributed by atoms with Gasteiger partial charge in [0.05, 0.1) is 0 Å². The van der Waals surface area contributed by atoms with Crippen LogP contribution in [-0.2, 0) is 33.5 Å². The monoisotopic (exact) mass is 703 g/mol. The van der Waals surface area contributed by atoms with E-state index in [-0.39, 0.29) is 22.2 Å². The lowest BCUT2D eigenvalue weighted by Crippen LogP contribution is -2.71. The van der Waals surface area contributed by atoms with E-state index in [9.17, 15) is 19.2 Å². The SMILES string of the molecule is C=CC1=C(C(=O)OC(c2ccccc2)c2ccccc2)N2C(=O)C(NC(=O)C(=NOC(C)(C)C(=O)OC(C)(C)C)c3csc(N)n3)[C@@H]2SC1. The topological polar surface area (TPSA) is 163 Å². The number of rotatable bonds is 11. The molecule has 0 spiro atoms. The van der Waals surface area contributed by atoms with Crippen molar-refractivity contribution < 1.29 is 33.5 Å². The number of nitrogens with two attached hydrogens (primary N) is 1. The number of benzene rings is 2. The number of anilines is 1. The minimum absolute atomic E-state index is 0.0646. The molecule has 0 radical (unpaired) electrons. The highest BCUT2D eigenvalue weighted by Crippen LogP contribution is 2.42. The molecule has 1 aromatic heterocycles. The van der Waals surface area contributed by atoms with Gasteiger partial charge in [-0.25, -0.2) is 14.6 Å². The summed E-state index contributed by atoms with van der Waals surface area (Å²) in [6, 6.07) is 17.6. The first kappa shape index (κ1) is 35.4. The number of oxime groups is 1. The summed E-state index contributed by atoms with van der Waals surface area (Å²) in [7, 11) is 0. The van der Waals surface area contributed by atoms with Crippen LogP contribution in [0.15, 0.2) is 95.1 Å². The molecule has 2 aliphatic rings. The van der Waals surface area contributed by atoms with Crippen LogP contribution in [0.5, 0.6) is 0 Å². The van der Waals surface area contributed by atoms with Crippen LogP contribution in [0.4, 0.5) is 5.13 Å². The molecular formula is C35H37N5O7S2. The number of fused-ring (bicyclic) bond motifs is 1. The molecule has 1 fully saturated rings. The van der Waals surface area contributed by atoms with E-state index in [2.05, 4.69) is 22.0 Å². The molecule has 256 valence electrons. The molecule has 2 amide bonds. The van der Waals surface area contributed by atoms with Gasteiger partial charge in [0.2, 0.25) is 5.60 Å². The standard InChI is InChI=1S/C35H37N5O7S2/c1-7-20-18-48-30-25(38-28(41)24(23-19-49-33(36)37-23)39-47-35(5,6)32(44)46-34(2,3)4)29(42)40(30)26(20)31(43)45-27(21-14-10-8-11-15-21)22-16-12-9-13-17-22/h7-17,19,25,27,30H,1,18H2,2-6H3,(H2,36,37)(H,38,41)/t25?,30-/m0/s1. The Labute approximate surface area is 292 Å². The molecule has 3 N–H and O–H groups in total. The third kappa shape index (κ3) is 7.86. The number of ether oxygens (including phenoxy) is 2. The smallest absolute Gasteiger partial charge is 0.356 e. The fraction of sp³-hybridized carbons (Fsp3) is 0.314.